The molecule has 2 N–H and O–H groups in total. The number of nitrogens with zero attached hydrogens (tertiary/aromatic N) is 1. The fourth-order valence-electron chi connectivity index (χ4n) is 1.81. The third-order valence-corrected chi connectivity index (χ3v) is 3.82. The van der Waals surface area contributed by atoms with E-state index in [-0.39, 0.29) is 5.56 Å². The minimum atomic E-state index is -4.66. The molecule has 136 valence electrons. The van der Waals surface area contributed by atoms with Crippen molar-refractivity contribution in [3.05, 3.63) is 35.4 Å². The van der Waals surface area contributed by atoms with Gasteiger partial charge < -0.3 is 10.6 Å². The third-order valence-electron chi connectivity index (χ3n) is 2.88. The Hall–Kier alpha value is -2.61. The molecule has 0 aromatic heterocycles. The number of benzene rings is 1. The number of nitriles is 1. The van der Waals surface area contributed by atoms with E-state index in [4.69, 9.17) is 5.26 Å². The van der Waals surface area contributed by atoms with Gasteiger partial charge in [-0.05, 0) is 18.2 Å². The van der Waals surface area contributed by atoms with E-state index in [9.17, 15) is 31.2 Å². The van der Waals surface area contributed by atoms with Crippen LogP contribution in [-0.2, 0) is 20.8 Å². The molecule has 11 heteroatoms. The highest BCUT2D eigenvalue weighted by atomic mass is 32.2. The van der Waals surface area contributed by atoms with E-state index < -0.39 is 51.7 Å². The van der Waals surface area contributed by atoms with Gasteiger partial charge in [-0.3, -0.25) is 9.59 Å². The SMILES string of the molecule is CS(=O)(=O)CC(NC(=O)c1cccc(C(F)(F)F)c1)C(=O)NCC#N. The van der Waals surface area contributed by atoms with Crippen molar-refractivity contribution < 1.29 is 31.2 Å². The van der Waals surface area contributed by atoms with E-state index in [1.807, 2.05) is 0 Å². The molecule has 7 nitrogen and oxygen atoms in total. The summed E-state index contributed by atoms with van der Waals surface area (Å²) in [5, 5.41) is 12.6. The molecule has 0 saturated carbocycles. The van der Waals surface area contributed by atoms with Crippen LogP contribution in [0.1, 0.15) is 15.9 Å². The van der Waals surface area contributed by atoms with Crippen LogP contribution in [0.15, 0.2) is 24.3 Å². The second-order valence-corrected chi connectivity index (χ2v) is 7.26. The summed E-state index contributed by atoms with van der Waals surface area (Å²) in [5.74, 6) is -2.76. The molecule has 0 heterocycles. The molecule has 1 atom stereocenters. The van der Waals surface area contributed by atoms with Crippen molar-refractivity contribution in [3.63, 3.8) is 0 Å². The fourth-order valence-corrected chi connectivity index (χ4v) is 2.65. The molecule has 0 aliphatic heterocycles. The number of rotatable bonds is 6. The van der Waals surface area contributed by atoms with Crippen LogP contribution < -0.4 is 10.6 Å². The van der Waals surface area contributed by atoms with Gasteiger partial charge in [0.2, 0.25) is 5.91 Å². The van der Waals surface area contributed by atoms with Crippen molar-refractivity contribution in [1.82, 2.24) is 10.6 Å². The second kappa shape index (κ2) is 7.98. The van der Waals surface area contributed by atoms with Crippen molar-refractivity contribution in [2.75, 3.05) is 18.6 Å². The van der Waals surface area contributed by atoms with Gasteiger partial charge >= 0.3 is 6.18 Å². The molecular formula is C14H14F3N3O4S. The average Bonchev–Trinajstić information content (AvgIpc) is 2.49. The zero-order chi connectivity index (χ0) is 19.3. The minimum absolute atomic E-state index is 0.388. The number of nitrogens with one attached hydrogen (secondary N) is 2. The first kappa shape index (κ1) is 20.4. The fraction of sp³-hybridized carbons (Fsp3) is 0.357. The van der Waals surface area contributed by atoms with Crippen LogP contribution in [0.5, 0.6) is 0 Å². The van der Waals surface area contributed by atoms with Crippen LogP contribution in [0.25, 0.3) is 0 Å². The van der Waals surface area contributed by atoms with E-state index in [2.05, 4.69) is 10.6 Å². The number of amides is 2. The quantitative estimate of drug-likeness (QED) is 0.700. The van der Waals surface area contributed by atoms with Gasteiger partial charge in [0.1, 0.15) is 22.4 Å². The summed E-state index contributed by atoms with van der Waals surface area (Å²) >= 11 is 0. The van der Waals surface area contributed by atoms with Gasteiger partial charge in [-0.1, -0.05) is 6.07 Å². The molecule has 0 radical (unpaired) electrons. The molecule has 1 unspecified atom stereocenters. The summed E-state index contributed by atoms with van der Waals surface area (Å²) in [4.78, 5) is 23.9. The van der Waals surface area contributed by atoms with Crippen LogP contribution in [0.3, 0.4) is 0 Å². The smallest absolute Gasteiger partial charge is 0.341 e. The highest BCUT2D eigenvalue weighted by molar-refractivity contribution is 7.90. The second-order valence-electron chi connectivity index (χ2n) is 5.07. The van der Waals surface area contributed by atoms with Crippen LogP contribution >= 0.6 is 0 Å². The number of hydrogen-bond donors (Lipinski definition) is 2. The van der Waals surface area contributed by atoms with Crippen molar-refractivity contribution in [2.24, 2.45) is 0 Å². The van der Waals surface area contributed by atoms with E-state index in [1.165, 1.54) is 0 Å². The lowest BCUT2D eigenvalue weighted by Crippen LogP contribution is -2.50. The number of hydrogen-bond acceptors (Lipinski definition) is 5. The molecule has 0 bridgehead atoms. The Labute approximate surface area is 141 Å². The van der Waals surface area contributed by atoms with Crippen LogP contribution in [0.2, 0.25) is 0 Å². The van der Waals surface area contributed by atoms with Gasteiger partial charge in [0.15, 0.2) is 0 Å². The number of carbonyl (C=O) groups excluding carboxylic acids is 2. The summed E-state index contributed by atoms with van der Waals surface area (Å²) in [6.07, 6.45) is -3.83. The highest BCUT2D eigenvalue weighted by Gasteiger charge is 2.31. The highest BCUT2D eigenvalue weighted by Crippen LogP contribution is 2.29. The summed E-state index contributed by atoms with van der Waals surface area (Å²) in [6.45, 7) is -0.418. The minimum Gasteiger partial charge on any atom is -0.341 e. The molecule has 0 saturated heterocycles. The third kappa shape index (κ3) is 6.80. The molecule has 1 rings (SSSR count). The van der Waals surface area contributed by atoms with Crippen molar-refractivity contribution in [1.29, 1.82) is 5.26 Å². The van der Waals surface area contributed by atoms with E-state index in [1.54, 1.807) is 6.07 Å². The Kier molecular flexibility index (Phi) is 6.52. The van der Waals surface area contributed by atoms with Crippen LogP contribution in [-0.4, -0.2) is 44.8 Å². The Morgan fingerprint density at radius 2 is 1.96 bits per heavy atom. The van der Waals surface area contributed by atoms with Crippen molar-refractivity contribution in [3.8, 4) is 6.07 Å². The zero-order valence-electron chi connectivity index (χ0n) is 12.9. The topological polar surface area (TPSA) is 116 Å². The summed E-state index contributed by atoms with van der Waals surface area (Å²) in [6, 6.07) is 3.51. The van der Waals surface area contributed by atoms with Gasteiger partial charge in [0.05, 0.1) is 17.4 Å². The first-order valence-corrected chi connectivity index (χ1v) is 8.80. The molecule has 1 aromatic carbocycles. The van der Waals surface area contributed by atoms with Crippen molar-refractivity contribution >= 4 is 21.7 Å². The number of alkyl halides is 3. The van der Waals surface area contributed by atoms with E-state index in [0.29, 0.717) is 6.07 Å². The Morgan fingerprint density at radius 3 is 2.48 bits per heavy atom. The lowest BCUT2D eigenvalue weighted by molar-refractivity contribution is -0.137. The Balaban J connectivity index is 3.02. The van der Waals surface area contributed by atoms with Crippen molar-refractivity contribution in [2.45, 2.75) is 12.2 Å². The molecule has 0 fully saturated rings. The molecule has 1 aromatic rings. The van der Waals surface area contributed by atoms with Gasteiger partial charge in [-0.25, -0.2) is 8.42 Å². The number of sulfone groups is 1. The van der Waals surface area contributed by atoms with Gasteiger partial charge in [-0.15, -0.1) is 0 Å². The maximum absolute atomic E-state index is 12.7. The monoisotopic (exact) mass is 377 g/mol. The molecule has 0 aliphatic rings. The van der Waals surface area contributed by atoms with Gasteiger partial charge in [0, 0.05) is 11.8 Å². The first-order valence-electron chi connectivity index (χ1n) is 6.74. The lowest BCUT2D eigenvalue weighted by atomic mass is 10.1. The molecule has 0 aliphatic carbocycles. The largest absolute Gasteiger partial charge is 0.416 e. The maximum atomic E-state index is 12.7. The number of carbonyl (C=O) groups is 2. The standard InChI is InChI=1S/C14H14F3N3O4S/c1-25(23,24)8-11(13(22)19-6-5-18)20-12(21)9-3-2-4-10(7-9)14(15,16)17/h2-4,7,11H,6,8H2,1H3,(H,19,22)(H,20,21). The normalized spacial score (nSPS) is 12.8. The average molecular weight is 377 g/mol. The summed E-state index contributed by atoms with van der Waals surface area (Å²) < 4.78 is 60.8. The van der Waals surface area contributed by atoms with Crippen LogP contribution in [0, 0.1) is 11.3 Å². The molecule has 25 heavy (non-hydrogen) atoms. The summed E-state index contributed by atoms with van der Waals surface area (Å²) in [7, 11) is -3.69. The molecule has 2 amide bonds. The Morgan fingerprint density at radius 1 is 1.32 bits per heavy atom. The van der Waals surface area contributed by atoms with E-state index >= 15 is 0 Å². The lowest BCUT2D eigenvalue weighted by Gasteiger charge is -2.17. The zero-order valence-corrected chi connectivity index (χ0v) is 13.7. The predicted octanol–water partition coefficient (Wildman–Crippen LogP) is 0.488. The van der Waals surface area contributed by atoms with Gasteiger partial charge in [0.25, 0.3) is 5.91 Å². The maximum Gasteiger partial charge on any atom is 0.416 e. The van der Waals surface area contributed by atoms with Crippen LogP contribution in [0.4, 0.5) is 13.2 Å². The first-order chi connectivity index (χ1) is 11.4. The van der Waals surface area contributed by atoms with Gasteiger partial charge in [-0.2, -0.15) is 18.4 Å². The number of halogens is 3. The van der Waals surface area contributed by atoms with E-state index in [0.717, 1.165) is 24.5 Å². The predicted molar refractivity (Wildman–Crippen MR) is 81.0 cm³/mol. The summed E-state index contributed by atoms with van der Waals surface area (Å²) in [5.41, 5.74) is -1.45. The Bertz CT molecular complexity index is 800. The molecular weight excluding hydrogens is 363 g/mol. The molecule has 0 spiro atoms.